The van der Waals surface area contributed by atoms with Crippen molar-refractivity contribution in [3.05, 3.63) is 167 Å². The van der Waals surface area contributed by atoms with Gasteiger partial charge in [0.1, 0.15) is 0 Å². The van der Waals surface area contributed by atoms with E-state index < -0.39 is 8.07 Å². The van der Waals surface area contributed by atoms with E-state index in [1.54, 1.807) is 0 Å². The van der Waals surface area contributed by atoms with E-state index in [1.165, 1.54) is 42.4 Å². The van der Waals surface area contributed by atoms with Gasteiger partial charge in [-0.25, -0.2) is 0 Å². The molecule has 0 radical (unpaired) electrons. The van der Waals surface area contributed by atoms with Gasteiger partial charge in [-0.1, -0.05) is 157 Å². The maximum atomic E-state index is 2.50. The van der Waals surface area contributed by atoms with Crippen LogP contribution in [0.15, 0.2) is 156 Å². The molecule has 0 spiro atoms. The van der Waals surface area contributed by atoms with E-state index >= 15 is 0 Å². The lowest BCUT2D eigenvalue weighted by molar-refractivity contribution is 1.60. The second-order valence-electron chi connectivity index (χ2n) is 9.47. The molecule has 0 fully saturated rings. The van der Waals surface area contributed by atoms with Gasteiger partial charge in [0.05, 0.1) is 0 Å². The number of thiophene rings is 2. The van der Waals surface area contributed by atoms with Crippen LogP contribution >= 0.6 is 22.7 Å². The molecular weight excluding hydrogens is 525 g/mol. The Morgan fingerprint density at radius 2 is 0.769 bits per heavy atom. The predicted octanol–water partition coefficient (Wildman–Crippen LogP) is 9.21. The fourth-order valence-electron chi connectivity index (χ4n) is 4.82. The summed E-state index contributed by atoms with van der Waals surface area (Å²) in [5, 5.41) is 4.41. The Balaban J connectivity index is 1.35. The maximum absolute atomic E-state index is 2.50. The highest BCUT2D eigenvalue weighted by atomic mass is 32.1. The van der Waals surface area contributed by atoms with Gasteiger partial charge in [-0.05, 0) is 44.1 Å². The highest BCUT2D eigenvalue weighted by Crippen LogP contribution is 2.24. The van der Waals surface area contributed by atoms with Gasteiger partial charge in [0.15, 0.2) is 8.07 Å². The molecule has 0 aliphatic rings. The van der Waals surface area contributed by atoms with Gasteiger partial charge in [0, 0.05) is 9.00 Å². The van der Waals surface area contributed by atoms with E-state index in [1.807, 2.05) is 22.7 Å². The molecule has 0 unspecified atom stereocenters. The second kappa shape index (κ2) is 11.8. The molecule has 0 atom stereocenters. The molecule has 0 bridgehead atoms. The Kier molecular flexibility index (Phi) is 7.64. The highest BCUT2D eigenvalue weighted by Gasteiger charge is 2.34. The third kappa shape index (κ3) is 5.71. The van der Waals surface area contributed by atoms with E-state index in [0.29, 0.717) is 0 Å². The molecule has 3 heteroatoms. The molecule has 0 saturated heterocycles. The van der Waals surface area contributed by atoms with E-state index in [4.69, 9.17) is 0 Å². The van der Waals surface area contributed by atoms with Crippen LogP contribution in [0.2, 0.25) is 0 Å². The molecule has 4 aromatic carbocycles. The van der Waals surface area contributed by atoms with Crippen molar-refractivity contribution in [2.75, 3.05) is 0 Å². The molecule has 0 N–H and O–H groups in total. The zero-order valence-electron chi connectivity index (χ0n) is 21.5. The van der Waals surface area contributed by atoms with Gasteiger partial charge < -0.3 is 0 Å². The molecule has 39 heavy (non-hydrogen) atoms. The lowest BCUT2D eigenvalue weighted by Crippen LogP contribution is -2.53. The largest absolute Gasteiger partial charge is 0.188 e. The second-order valence-corrected chi connectivity index (χ2v) is 15.6. The smallest absolute Gasteiger partial charge is 0.152 e. The minimum absolute atomic E-state index is 1.22. The van der Waals surface area contributed by atoms with Crippen molar-refractivity contribution in [1.29, 1.82) is 0 Å². The third-order valence-corrected chi connectivity index (χ3v) is 14.4. The summed E-state index contributed by atoms with van der Waals surface area (Å²) in [6, 6.07) is 47.9. The SMILES string of the molecule is C(=C\[Si](/C=C/c1ccc(-c2ccccc2)cc1)(c1cccs1)c1cccs1)/c1ccc(-c2ccccc2)cc1. The fraction of sp³-hybridized carbons (Fsp3) is 0. The predicted molar refractivity (Wildman–Crippen MR) is 175 cm³/mol. The maximum Gasteiger partial charge on any atom is 0.188 e. The van der Waals surface area contributed by atoms with Crippen molar-refractivity contribution < 1.29 is 0 Å². The lowest BCUT2D eigenvalue weighted by Gasteiger charge is -2.23. The van der Waals surface area contributed by atoms with Crippen molar-refractivity contribution >= 4 is 51.9 Å². The summed E-state index contributed by atoms with van der Waals surface area (Å²) in [6.45, 7) is 0. The Morgan fingerprint density at radius 1 is 0.385 bits per heavy atom. The summed E-state index contributed by atoms with van der Waals surface area (Å²) in [6.07, 6.45) is 4.65. The minimum Gasteiger partial charge on any atom is -0.152 e. The average Bonchev–Trinajstić information content (AvgIpc) is 3.75. The molecule has 188 valence electrons. The highest BCUT2D eigenvalue weighted by molar-refractivity contribution is 7.38. The van der Waals surface area contributed by atoms with Gasteiger partial charge in [-0.3, -0.25) is 0 Å². The molecule has 0 aliphatic heterocycles. The summed E-state index contributed by atoms with van der Waals surface area (Å²) in [5.74, 6) is 0. The molecule has 0 nitrogen and oxygen atoms in total. The molecule has 2 aromatic heterocycles. The van der Waals surface area contributed by atoms with E-state index in [0.717, 1.165) is 0 Å². The standard InChI is InChI=1S/C36H28S2Si/c1-3-9-31(10-4-1)33-19-15-29(16-20-33)23-27-39(35-13-7-25-37-35,36-14-8-26-38-36)28-24-30-17-21-34(22-18-30)32-11-5-2-6-12-32/h1-28H/b27-23+,28-24+. The molecule has 6 rings (SSSR count). The number of rotatable bonds is 8. The molecule has 0 amide bonds. The summed E-state index contributed by atoms with van der Waals surface area (Å²) < 4.78 is 2.89. The van der Waals surface area contributed by atoms with E-state index in [-0.39, 0.29) is 0 Å². The summed E-state index contributed by atoms with van der Waals surface area (Å²) >= 11 is 3.73. The summed E-state index contributed by atoms with van der Waals surface area (Å²) in [7, 11) is -2.29. The first-order valence-corrected chi connectivity index (χ1v) is 17.0. The van der Waals surface area contributed by atoms with Crippen LogP contribution in [0, 0.1) is 0 Å². The van der Waals surface area contributed by atoms with Crippen LogP contribution in [-0.4, -0.2) is 8.07 Å². The van der Waals surface area contributed by atoms with Crippen LogP contribution in [0.5, 0.6) is 0 Å². The quantitative estimate of drug-likeness (QED) is 0.165. The normalized spacial score (nSPS) is 11.9. The van der Waals surface area contributed by atoms with Crippen molar-refractivity contribution in [2.45, 2.75) is 0 Å². The van der Waals surface area contributed by atoms with Crippen molar-refractivity contribution in [2.24, 2.45) is 0 Å². The molecule has 2 heterocycles. The van der Waals surface area contributed by atoms with Crippen LogP contribution in [0.25, 0.3) is 34.4 Å². The molecular formula is C36H28S2Si. The molecule has 0 saturated carbocycles. The van der Waals surface area contributed by atoms with E-state index in [2.05, 4.69) is 168 Å². The average molecular weight is 553 g/mol. The first-order valence-electron chi connectivity index (χ1n) is 13.1. The van der Waals surface area contributed by atoms with Crippen LogP contribution in [0.1, 0.15) is 11.1 Å². The minimum atomic E-state index is -2.29. The topological polar surface area (TPSA) is 0 Å². The van der Waals surface area contributed by atoms with Gasteiger partial charge in [0.25, 0.3) is 0 Å². The Bertz CT molecular complexity index is 1520. The zero-order chi connectivity index (χ0) is 26.3. The van der Waals surface area contributed by atoms with Gasteiger partial charge in [-0.2, -0.15) is 22.7 Å². The summed E-state index contributed by atoms with van der Waals surface area (Å²) in [5.41, 5.74) is 12.4. The fourth-order valence-corrected chi connectivity index (χ4v) is 12.0. The van der Waals surface area contributed by atoms with Gasteiger partial charge in [0.2, 0.25) is 0 Å². The Hall–Kier alpha value is -4.02. The van der Waals surface area contributed by atoms with Crippen LogP contribution in [0.3, 0.4) is 0 Å². The lowest BCUT2D eigenvalue weighted by atomic mass is 10.0. The van der Waals surface area contributed by atoms with Gasteiger partial charge in [-0.15, -0.1) is 0 Å². The third-order valence-electron chi connectivity index (χ3n) is 6.97. The number of hydrogen-bond donors (Lipinski definition) is 0. The molecule has 0 aliphatic carbocycles. The first kappa shape index (κ1) is 25.3. The number of hydrogen-bond acceptors (Lipinski definition) is 2. The Labute approximate surface area is 239 Å². The first-order chi connectivity index (χ1) is 19.3. The molecule has 6 aromatic rings. The Morgan fingerprint density at radius 3 is 1.13 bits per heavy atom. The van der Waals surface area contributed by atoms with Crippen molar-refractivity contribution in [3.63, 3.8) is 0 Å². The monoisotopic (exact) mass is 552 g/mol. The van der Waals surface area contributed by atoms with Crippen LogP contribution < -0.4 is 9.00 Å². The van der Waals surface area contributed by atoms with Crippen LogP contribution in [0.4, 0.5) is 0 Å². The van der Waals surface area contributed by atoms with Crippen LogP contribution in [-0.2, 0) is 0 Å². The van der Waals surface area contributed by atoms with E-state index in [9.17, 15) is 0 Å². The zero-order valence-corrected chi connectivity index (χ0v) is 24.1. The van der Waals surface area contributed by atoms with Gasteiger partial charge >= 0.3 is 0 Å². The summed E-state index contributed by atoms with van der Waals surface area (Å²) in [4.78, 5) is 0. The van der Waals surface area contributed by atoms with Crippen molar-refractivity contribution in [3.8, 4) is 22.3 Å². The van der Waals surface area contributed by atoms with Crippen molar-refractivity contribution in [1.82, 2.24) is 0 Å². The number of benzene rings is 4.